The molecule has 1 aliphatic rings. The molecule has 1 aliphatic heterocycles. The molecule has 1 atom stereocenters. The second kappa shape index (κ2) is 8.59. The van der Waals surface area contributed by atoms with Crippen molar-refractivity contribution in [3.63, 3.8) is 0 Å². The van der Waals surface area contributed by atoms with Crippen LogP contribution < -0.4 is 4.74 Å². The van der Waals surface area contributed by atoms with Crippen LogP contribution in [0.25, 0.3) is 17.8 Å². The molecule has 0 fully saturated rings. The van der Waals surface area contributed by atoms with E-state index in [4.69, 9.17) is 26.4 Å². The van der Waals surface area contributed by atoms with Crippen LogP contribution in [0.15, 0.2) is 48.9 Å². The standard InChI is InChI=1S/C24H23ClN6O/c1-16-14-30(15-26-16)21-11-9-19(27-24(21)32-2)10-12-22-28-23-20(4-3-13-31(23)29-22)17-5-7-18(25)8-6-17/h5-12,14-15,20H,3-4,13H2,1-2H3/b12-10+. The van der Waals surface area contributed by atoms with E-state index in [0.29, 0.717) is 11.7 Å². The van der Waals surface area contributed by atoms with Gasteiger partial charge >= 0.3 is 0 Å². The zero-order valence-electron chi connectivity index (χ0n) is 17.9. The minimum atomic E-state index is 0.229. The minimum absolute atomic E-state index is 0.229. The third kappa shape index (κ3) is 4.03. The van der Waals surface area contributed by atoms with E-state index in [2.05, 4.69) is 22.1 Å². The average Bonchev–Trinajstić information content (AvgIpc) is 3.43. The SMILES string of the molecule is COc1nc(/C=C/c2nc3n(n2)CCCC3c2ccc(Cl)cc2)ccc1-n1cnc(C)c1. The Balaban J connectivity index is 1.40. The van der Waals surface area contributed by atoms with E-state index in [0.717, 1.165) is 47.3 Å². The number of benzene rings is 1. The van der Waals surface area contributed by atoms with Crippen LogP contribution in [-0.4, -0.2) is 36.4 Å². The Labute approximate surface area is 191 Å². The van der Waals surface area contributed by atoms with Gasteiger partial charge in [-0.1, -0.05) is 23.7 Å². The molecule has 7 nitrogen and oxygen atoms in total. The Bertz CT molecular complexity index is 1270. The summed E-state index contributed by atoms with van der Waals surface area (Å²) in [7, 11) is 1.62. The normalized spacial score (nSPS) is 15.8. The Morgan fingerprint density at radius 1 is 1.09 bits per heavy atom. The number of imidazole rings is 1. The van der Waals surface area contributed by atoms with E-state index < -0.39 is 0 Å². The summed E-state index contributed by atoms with van der Waals surface area (Å²) in [6.07, 6.45) is 9.61. The van der Waals surface area contributed by atoms with Crippen molar-refractivity contribution < 1.29 is 4.74 Å². The summed E-state index contributed by atoms with van der Waals surface area (Å²) in [5.74, 6) is 2.43. The van der Waals surface area contributed by atoms with Crippen molar-refractivity contribution in [3.05, 3.63) is 82.5 Å². The Hall–Kier alpha value is -3.45. The van der Waals surface area contributed by atoms with Crippen LogP contribution in [-0.2, 0) is 6.54 Å². The summed E-state index contributed by atoms with van der Waals surface area (Å²) in [5, 5.41) is 5.43. The molecule has 32 heavy (non-hydrogen) atoms. The van der Waals surface area contributed by atoms with Crippen LogP contribution in [0.4, 0.5) is 0 Å². The van der Waals surface area contributed by atoms with Crippen LogP contribution in [0.5, 0.6) is 5.88 Å². The van der Waals surface area contributed by atoms with Crippen molar-refractivity contribution in [2.75, 3.05) is 7.11 Å². The van der Waals surface area contributed by atoms with Crippen LogP contribution in [0.2, 0.25) is 5.02 Å². The molecule has 1 aromatic carbocycles. The largest absolute Gasteiger partial charge is 0.479 e. The molecule has 0 saturated carbocycles. The first-order valence-electron chi connectivity index (χ1n) is 10.5. The number of fused-ring (bicyclic) bond motifs is 1. The zero-order valence-corrected chi connectivity index (χ0v) is 18.7. The number of hydrogen-bond donors (Lipinski definition) is 0. The lowest BCUT2D eigenvalue weighted by atomic mass is 9.91. The topological polar surface area (TPSA) is 70.7 Å². The van der Waals surface area contributed by atoms with E-state index in [1.807, 2.05) is 58.8 Å². The van der Waals surface area contributed by atoms with E-state index in [-0.39, 0.29) is 5.92 Å². The molecule has 0 bridgehead atoms. The predicted molar refractivity (Wildman–Crippen MR) is 124 cm³/mol. The van der Waals surface area contributed by atoms with Crippen molar-refractivity contribution in [1.29, 1.82) is 0 Å². The molecule has 3 aromatic heterocycles. The maximum atomic E-state index is 6.06. The molecule has 1 unspecified atom stereocenters. The van der Waals surface area contributed by atoms with Gasteiger partial charge in [-0.25, -0.2) is 19.6 Å². The molecule has 0 saturated heterocycles. The number of ether oxygens (including phenoxy) is 1. The zero-order chi connectivity index (χ0) is 22.1. The highest BCUT2D eigenvalue weighted by molar-refractivity contribution is 6.30. The molecule has 162 valence electrons. The van der Waals surface area contributed by atoms with Gasteiger partial charge in [0, 0.05) is 23.7 Å². The maximum Gasteiger partial charge on any atom is 0.238 e. The summed E-state index contributed by atoms with van der Waals surface area (Å²) >= 11 is 6.06. The fourth-order valence-electron chi connectivity index (χ4n) is 4.05. The number of aryl methyl sites for hydroxylation is 2. The quantitative estimate of drug-likeness (QED) is 0.435. The number of methoxy groups -OCH3 is 1. The fourth-order valence-corrected chi connectivity index (χ4v) is 4.18. The minimum Gasteiger partial charge on any atom is -0.479 e. The summed E-state index contributed by atoms with van der Waals surface area (Å²) in [6, 6.07) is 11.9. The lowest BCUT2D eigenvalue weighted by Gasteiger charge is -2.22. The number of aromatic nitrogens is 6. The molecule has 4 aromatic rings. The Morgan fingerprint density at radius 3 is 2.69 bits per heavy atom. The molecule has 0 aliphatic carbocycles. The first kappa shape index (κ1) is 20.5. The molecule has 4 heterocycles. The van der Waals surface area contributed by atoms with E-state index in [1.54, 1.807) is 13.4 Å². The van der Waals surface area contributed by atoms with Gasteiger partial charge < -0.3 is 9.30 Å². The van der Waals surface area contributed by atoms with Crippen molar-refractivity contribution >= 4 is 23.8 Å². The smallest absolute Gasteiger partial charge is 0.238 e. The summed E-state index contributed by atoms with van der Waals surface area (Å²) < 4.78 is 9.42. The number of hydrogen-bond acceptors (Lipinski definition) is 5. The van der Waals surface area contributed by atoms with Crippen LogP contribution >= 0.6 is 11.6 Å². The van der Waals surface area contributed by atoms with Gasteiger partial charge in [0.25, 0.3) is 0 Å². The van der Waals surface area contributed by atoms with Gasteiger partial charge in [-0.05, 0) is 61.7 Å². The Kier molecular flexibility index (Phi) is 5.49. The highest BCUT2D eigenvalue weighted by Crippen LogP contribution is 2.32. The molecule has 0 amide bonds. The number of halogens is 1. The molecule has 0 N–H and O–H groups in total. The molecule has 5 rings (SSSR count). The highest BCUT2D eigenvalue weighted by atomic mass is 35.5. The lowest BCUT2D eigenvalue weighted by Crippen LogP contribution is -2.17. The average molecular weight is 447 g/mol. The van der Waals surface area contributed by atoms with E-state index in [9.17, 15) is 0 Å². The monoisotopic (exact) mass is 446 g/mol. The van der Waals surface area contributed by atoms with Crippen molar-refractivity contribution in [3.8, 4) is 11.6 Å². The number of pyridine rings is 1. The van der Waals surface area contributed by atoms with Crippen molar-refractivity contribution in [1.82, 2.24) is 29.3 Å². The van der Waals surface area contributed by atoms with Gasteiger partial charge in [0.05, 0.1) is 24.8 Å². The van der Waals surface area contributed by atoms with Crippen molar-refractivity contribution in [2.24, 2.45) is 0 Å². The van der Waals surface area contributed by atoms with Crippen LogP contribution in [0.3, 0.4) is 0 Å². The number of nitrogens with zero attached hydrogens (tertiary/aromatic N) is 6. The molecule has 0 radical (unpaired) electrons. The van der Waals surface area contributed by atoms with Gasteiger partial charge in [0.2, 0.25) is 5.88 Å². The Morgan fingerprint density at radius 2 is 1.94 bits per heavy atom. The summed E-state index contributed by atoms with van der Waals surface area (Å²) in [6.45, 7) is 2.83. The second-order valence-electron chi connectivity index (χ2n) is 7.82. The summed E-state index contributed by atoms with van der Waals surface area (Å²) in [4.78, 5) is 13.7. The van der Waals surface area contributed by atoms with Gasteiger partial charge in [0.15, 0.2) is 5.82 Å². The molecular formula is C24H23ClN6O. The van der Waals surface area contributed by atoms with Crippen LogP contribution in [0, 0.1) is 6.92 Å². The lowest BCUT2D eigenvalue weighted by molar-refractivity contribution is 0.395. The second-order valence-corrected chi connectivity index (χ2v) is 8.25. The molecular weight excluding hydrogens is 424 g/mol. The third-order valence-corrected chi connectivity index (χ3v) is 5.86. The molecule has 0 spiro atoms. The first-order chi connectivity index (χ1) is 15.6. The third-order valence-electron chi connectivity index (χ3n) is 5.61. The van der Waals surface area contributed by atoms with Gasteiger partial charge in [0.1, 0.15) is 11.5 Å². The maximum absolute atomic E-state index is 6.06. The number of rotatable bonds is 5. The predicted octanol–water partition coefficient (Wildman–Crippen LogP) is 4.93. The van der Waals surface area contributed by atoms with Gasteiger partial charge in [-0.15, -0.1) is 0 Å². The summed E-state index contributed by atoms with van der Waals surface area (Å²) in [5.41, 5.74) is 3.76. The van der Waals surface area contributed by atoms with Gasteiger partial charge in [-0.2, -0.15) is 5.10 Å². The highest BCUT2D eigenvalue weighted by Gasteiger charge is 2.25. The van der Waals surface area contributed by atoms with Crippen LogP contribution in [0.1, 0.15) is 47.4 Å². The van der Waals surface area contributed by atoms with E-state index in [1.165, 1.54) is 5.56 Å². The first-order valence-corrected chi connectivity index (χ1v) is 10.9. The fraction of sp³-hybridized carbons (Fsp3) is 0.250. The molecule has 8 heteroatoms. The van der Waals surface area contributed by atoms with Gasteiger partial charge in [-0.3, -0.25) is 0 Å². The van der Waals surface area contributed by atoms with E-state index >= 15 is 0 Å². The van der Waals surface area contributed by atoms with Crippen molar-refractivity contribution in [2.45, 2.75) is 32.2 Å².